The first-order valence-corrected chi connectivity index (χ1v) is 15.3. The summed E-state index contributed by atoms with van der Waals surface area (Å²) in [6.07, 6.45) is 4.40. The van der Waals surface area contributed by atoms with Gasteiger partial charge in [0.15, 0.2) is 0 Å². The first-order chi connectivity index (χ1) is 19.8. The van der Waals surface area contributed by atoms with Gasteiger partial charge >= 0.3 is 0 Å². The average Bonchev–Trinajstić information content (AvgIpc) is 3.36. The summed E-state index contributed by atoms with van der Waals surface area (Å²) < 4.78 is 1.76. The van der Waals surface area contributed by atoms with E-state index in [4.69, 9.17) is 28.3 Å². The van der Waals surface area contributed by atoms with Crippen molar-refractivity contribution in [1.82, 2.24) is 25.1 Å². The van der Waals surface area contributed by atoms with E-state index in [9.17, 15) is 4.79 Å². The predicted molar refractivity (Wildman–Crippen MR) is 174 cm³/mol. The van der Waals surface area contributed by atoms with Crippen LogP contribution in [0.25, 0.3) is 10.9 Å². The van der Waals surface area contributed by atoms with Gasteiger partial charge in [0.25, 0.3) is 5.91 Å². The fourth-order valence-corrected chi connectivity index (χ4v) is 5.54. The van der Waals surface area contributed by atoms with E-state index in [2.05, 4.69) is 43.0 Å². The molecule has 2 heterocycles. The molecule has 0 saturated heterocycles. The molecule has 4 aromatic rings. The number of hydrogen-bond donors (Lipinski definition) is 1. The smallest absolute Gasteiger partial charge is 0.269 e. The van der Waals surface area contributed by atoms with Crippen molar-refractivity contribution < 1.29 is 4.79 Å². The fourth-order valence-electron chi connectivity index (χ4n) is 5.08. The summed E-state index contributed by atoms with van der Waals surface area (Å²) in [4.78, 5) is 23.9. The minimum atomic E-state index is -0.148. The number of halogens is 2. The molecule has 2 aromatic carbocycles. The number of aromatic nitrogens is 4. The number of rotatable bonds is 5. The highest BCUT2D eigenvalue weighted by atomic mass is 35.5. The molecule has 9 heteroatoms. The number of carbonyl (C=O) groups is 1. The summed E-state index contributed by atoms with van der Waals surface area (Å²) in [7, 11) is 3.99. The Hall–Kier alpha value is -3.16. The highest BCUT2D eigenvalue weighted by Crippen LogP contribution is 2.27. The van der Waals surface area contributed by atoms with Crippen LogP contribution in [0.5, 0.6) is 0 Å². The molecule has 0 bridgehead atoms. The SMILES string of the molecule is CC1CCC(NC(=O)c2cc(C(C)(C)C)nn2Cc2ccc(Cl)cc2Cl)CC1.Cc1nc(N(C)C)c2ccccc2n1. The summed E-state index contributed by atoms with van der Waals surface area (Å²) in [6, 6.07) is 15.6. The lowest BCUT2D eigenvalue weighted by Gasteiger charge is -2.26. The van der Waals surface area contributed by atoms with Crippen LogP contribution < -0.4 is 10.2 Å². The second-order valence-corrected chi connectivity index (χ2v) is 13.3. The minimum absolute atomic E-state index is 0.0624. The lowest BCUT2D eigenvalue weighted by atomic mass is 9.87. The molecule has 0 atom stereocenters. The molecule has 0 unspecified atom stereocenters. The molecule has 224 valence electrons. The largest absolute Gasteiger partial charge is 0.362 e. The first-order valence-electron chi connectivity index (χ1n) is 14.6. The lowest BCUT2D eigenvalue weighted by molar-refractivity contribution is 0.0912. The van der Waals surface area contributed by atoms with Gasteiger partial charge in [-0.15, -0.1) is 0 Å². The normalized spacial score (nSPS) is 17.0. The van der Waals surface area contributed by atoms with Crippen LogP contribution in [0.4, 0.5) is 5.82 Å². The van der Waals surface area contributed by atoms with Gasteiger partial charge in [-0.3, -0.25) is 9.48 Å². The van der Waals surface area contributed by atoms with Crippen LogP contribution >= 0.6 is 23.2 Å². The quantitative estimate of drug-likeness (QED) is 0.250. The number of nitrogens with zero attached hydrogens (tertiary/aromatic N) is 5. The van der Waals surface area contributed by atoms with E-state index < -0.39 is 0 Å². The average molecular weight is 610 g/mol. The van der Waals surface area contributed by atoms with Gasteiger partial charge in [0.1, 0.15) is 17.3 Å². The van der Waals surface area contributed by atoms with Crippen molar-refractivity contribution in [2.24, 2.45) is 5.92 Å². The molecule has 2 aromatic heterocycles. The van der Waals surface area contributed by atoms with Crippen molar-refractivity contribution in [2.45, 2.75) is 78.3 Å². The number of para-hydroxylation sites is 1. The number of aryl methyl sites for hydroxylation is 1. The van der Waals surface area contributed by atoms with E-state index in [0.717, 1.165) is 65.4 Å². The van der Waals surface area contributed by atoms with Gasteiger partial charge in [-0.2, -0.15) is 5.10 Å². The van der Waals surface area contributed by atoms with Crippen LogP contribution in [-0.2, 0) is 12.0 Å². The summed E-state index contributed by atoms with van der Waals surface area (Å²) in [5.74, 6) is 2.48. The molecule has 0 aliphatic heterocycles. The highest BCUT2D eigenvalue weighted by molar-refractivity contribution is 6.35. The molecule has 0 spiro atoms. The van der Waals surface area contributed by atoms with Crippen LogP contribution in [-0.4, -0.2) is 45.8 Å². The third kappa shape index (κ3) is 8.01. The molecule has 1 N–H and O–H groups in total. The second kappa shape index (κ2) is 13.4. The number of nitrogens with one attached hydrogen (secondary N) is 1. The predicted octanol–water partition coefficient (Wildman–Crippen LogP) is 7.85. The van der Waals surface area contributed by atoms with Gasteiger partial charge in [0.2, 0.25) is 0 Å². The van der Waals surface area contributed by atoms with Crippen molar-refractivity contribution >= 4 is 45.8 Å². The molecule has 1 saturated carbocycles. The fraction of sp³-hybridized carbons (Fsp3) is 0.455. The maximum atomic E-state index is 13.1. The Morgan fingerprint density at radius 3 is 2.36 bits per heavy atom. The Morgan fingerprint density at radius 1 is 1.02 bits per heavy atom. The maximum absolute atomic E-state index is 13.1. The number of amides is 1. The van der Waals surface area contributed by atoms with Gasteiger partial charge in [-0.25, -0.2) is 9.97 Å². The summed E-state index contributed by atoms with van der Waals surface area (Å²) >= 11 is 12.4. The van der Waals surface area contributed by atoms with Crippen LogP contribution in [0.1, 0.15) is 80.9 Å². The lowest BCUT2D eigenvalue weighted by Crippen LogP contribution is -2.38. The zero-order valence-electron chi connectivity index (χ0n) is 25.7. The molecular weight excluding hydrogens is 567 g/mol. The molecule has 0 radical (unpaired) electrons. The van der Waals surface area contributed by atoms with E-state index >= 15 is 0 Å². The van der Waals surface area contributed by atoms with Gasteiger partial charge < -0.3 is 10.2 Å². The molecular formula is C33H42Cl2N6O. The van der Waals surface area contributed by atoms with E-state index in [1.807, 2.05) is 62.3 Å². The van der Waals surface area contributed by atoms with E-state index in [1.165, 1.54) is 0 Å². The Labute approximate surface area is 259 Å². The minimum Gasteiger partial charge on any atom is -0.362 e. The molecule has 5 rings (SSSR count). The summed E-state index contributed by atoms with van der Waals surface area (Å²) in [5.41, 5.74) is 3.21. The number of carbonyl (C=O) groups excluding carboxylic acids is 1. The van der Waals surface area contributed by atoms with Gasteiger partial charge in [0, 0.05) is 41.0 Å². The van der Waals surface area contributed by atoms with Crippen molar-refractivity contribution in [1.29, 1.82) is 0 Å². The van der Waals surface area contributed by atoms with Crippen LogP contribution in [0, 0.1) is 12.8 Å². The molecule has 42 heavy (non-hydrogen) atoms. The zero-order chi connectivity index (χ0) is 30.6. The molecule has 1 aliphatic carbocycles. The van der Waals surface area contributed by atoms with Gasteiger partial charge in [-0.05, 0) is 74.4 Å². The Bertz CT molecular complexity index is 1530. The zero-order valence-corrected chi connectivity index (χ0v) is 27.2. The number of benzene rings is 2. The highest BCUT2D eigenvalue weighted by Gasteiger charge is 2.26. The van der Waals surface area contributed by atoms with E-state index in [0.29, 0.717) is 22.3 Å². The summed E-state index contributed by atoms with van der Waals surface area (Å²) in [5, 5.41) is 10.2. The third-order valence-corrected chi connectivity index (χ3v) is 8.17. The molecule has 7 nitrogen and oxygen atoms in total. The maximum Gasteiger partial charge on any atom is 0.269 e. The van der Waals surface area contributed by atoms with Crippen LogP contribution in [0.3, 0.4) is 0 Å². The Balaban J connectivity index is 0.000000241. The number of fused-ring (bicyclic) bond motifs is 1. The van der Waals surface area contributed by atoms with Crippen LogP contribution in [0.15, 0.2) is 48.5 Å². The molecule has 1 aliphatic rings. The monoisotopic (exact) mass is 608 g/mol. The van der Waals surface area contributed by atoms with E-state index in [-0.39, 0.29) is 17.4 Å². The standard InChI is InChI=1S/C22H29Cl2N3O.C11H13N3/c1-14-5-9-17(10-6-14)25-21(28)19-12-20(22(2,3)4)26-27(19)13-15-7-8-16(23)11-18(15)24;1-8-12-10-7-5-4-6-9(10)11(13-8)14(2)3/h7-8,11-12,14,17H,5-6,9-10,13H2,1-4H3,(H,25,28);4-7H,1-3H3. The van der Waals surface area contributed by atoms with Crippen molar-refractivity contribution in [3.63, 3.8) is 0 Å². The van der Waals surface area contributed by atoms with Crippen molar-refractivity contribution in [2.75, 3.05) is 19.0 Å². The van der Waals surface area contributed by atoms with Crippen LogP contribution in [0.2, 0.25) is 10.0 Å². The molecule has 1 fully saturated rings. The Kier molecular flexibility index (Phi) is 10.2. The summed E-state index contributed by atoms with van der Waals surface area (Å²) in [6.45, 7) is 10.9. The molecule has 1 amide bonds. The van der Waals surface area contributed by atoms with Crippen molar-refractivity contribution in [3.8, 4) is 0 Å². The van der Waals surface area contributed by atoms with Crippen molar-refractivity contribution in [3.05, 3.63) is 81.4 Å². The number of anilines is 1. The van der Waals surface area contributed by atoms with E-state index in [1.54, 1.807) is 16.8 Å². The second-order valence-electron chi connectivity index (χ2n) is 12.5. The Morgan fingerprint density at radius 2 is 1.71 bits per heavy atom. The number of hydrogen-bond acceptors (Lipinski definition) is 5. The third-order valence-electron chi connectivity index (χ3n) is 7.59. The topological polar surface area (TPSA) is 75.9 Å². The van der Waals surface area contributed by atoms with Gasteiger partial charge in [0.05, 0.1) is 17.8 Å². The first kappa shape index (κ1) is 31.8. The van der Waals surface area contributed by atoms with Gasteiger partial charge in [-0.1, -0.05) is 69.1 Å².